The first-order valence-electron chi connectivity index (χ1n) is 9.51. The minimum atomic E-state index is -4.38. The van der Waals surface area contributed by atoms with Crippen LogP contribution in [0.3, 0.4) is 0 Å². The monoisotopic (exact) mass is 463 g/mol. The zero-order chi connectivity index (χ0) is 20.7. The molecule has 2 rings (SSSR count). The molecule has 0 aliphatic heterocycles. The fraction of sp³-hybridized carbons (Fsp3) is 0.632. The van der Waals surface area contributed by atoms with Crippen LogP contribution in [0.15, 0.2) is 40.2 Å². The highest BCUT2D eigenvalue weighted by molar-refractivity contribution is 9.11. The quantitative estimate of drug-likeness (QED) is 0.356. The van der Waals surface area contributed by atoms with Crippen LogP contribution in [-0.4, -0.2) is 30.8 Å². The molecule has 0 heterocycles. The number of hydrogen-bond donors (Lipinski definition) is 4. The summed E-state index contributed by atoms with van der Waals surface area (Å²) < 4.78 is 38.3. The second-order valence-corrected chi connectivity index (χ2v) is 8.47. The van der Waals surface area contributed by atoms with E-state index in [-0.39, 0.29) is 18.2 Å². The third-order valence-electron chi connectivity index (χ3n) is 5.19. The summed E-state index contributed by atoms with van der Waals surface area (Å²) in [5.41, 5.74) is 7.06. The van der Waals surface area contributed by atoms with Crippen molar-refractivity contribution in [1.82, 2.24) is 16.0 Å². The molecule has 4 atom stereocenters. The second-order valence-electron chi connectivity index (χ2n) is 7.51. The predicted octanol–water partition coefficient (Wildman–Crippen LogP) is 3.86. The molecule has 1 fully saturated rings. The van der Waals surface area contributed by atoms with Gasteiger partial charge in [-0.15, -0.1) is 0 Å². The fourth-order valence-electron chi connectivity index (χ4n) is 3.59. The van der Waals surface area contributed by atoms with Crippen molar-refractivity contribution in [3.8, 4) is 0 Å². The largest absolute Gasteiger partial charge is 0.411 e. The molecule has 0 aromatic heterocycles. The third kappa shape index (κ3) is 7.50. The zero-order valence-corrected chi connectivity index (χ0v) is 17.6. The summed E-state index contributed by atoms with van der Waals surface area (Å²) in [6.45, 7) is 6.47. The van der Waals surface area contributed by atoms with E-state index in [1.165, 1.54) is 0 Å². The summed E-state index contributed by atoms with van der Waals surface area (Å²) in [6.07, 6.45) is 2.49. The summed E-state index contributed by atoms with van der Waals surface area (Å²) >= 11 is 3.62. The van der Waals surface area contributed by atoms with Crippen LogP contribution in [0.25, 0.3) is 0 Å². The standard InChI is InChI=1S/C19H29BrF3N5/c1-3-25-17-8-12(2)13(9-16(17)20)11-27-18(26-7-6-19(21,22)23)28-15-5-4-14(24)10-15/h3,6-7,12-15,25H,1,4-5,8-11,24H2,2H3,(H2,26,27,28)/b7-6+/t12-,13?,14+,15+/m1/s1. The van der Waals surface area contributed by atoms with Gasteiger partial charge in [0.05, 0.1) is 0 Å². The van der Waals surface area contributed by atoms with E-state index in [1.807, 2.05) is 0 Å². The van der Waals surface area contributed by atoms with Crippen LogP contribution in [0, 0.1) is 11.8 Å². The number of halogens is 4. The van der Waals surface area contributed by atoms with E-state index in [1.54, 1.807) is 6.20 Å². The molecule has 0 aromatic carbocycles. The maximum atomic E-state index is 12.4. The average molecular weight is 464 g/mol. The van der Waals surface area contributed by atoms with Gasteiger partial charge in [-0.1, -0.05) is 29.4 Å². The number of hydrogen-bond acceptors (Lipinski definition) is 3. The van der Waals surface area contributed by atoms with Gasteiger partial charge in [-0.05, 0) is 50.1 Å². The van der Waals surface area contributed by atoms with Gasteiger partial charge in [-0.25, -0.2) is 4.99 Å². The Bertz CT molecular complexity index is 630. The first-order chi connectivity index (χ1) is 13.2. The number of nitrogens with zero attached hydrogens (tertiary/aromatic N) is 1. The van der Waals surface area contributed by atoms with Crippen LogP contribution in [0.4, 0.5) is 13.2 Å². The smallest absolute Gasteiger partial charge is 0.365 e. The van der Waals surface area contributed by atoms with Crippen molar-refractivity contribution in [3.63, 3.8) is 0 Å². The molecule has 2 aliphatic rings. The van der Waals surface area contributed by atoms with Gasteiger partial charge in [0.2, 0.25) is 0 Å². The molecule has 1 saturated carbocycles. The summed E-state index contributed by atoms with van der Waals surface area (Å²) in [7, 11) is 0. The van der Waals surface area contributed by atoms with Crippen molar-refractivity contribution in [2.75, 3.05) is 6.54 Å². The highest BCUT2D eigenvalue weighted by Crippen LogP contribution is 2.35. The van der Waals surface area contributed by atoms with Crippen molar-refractivity contribution >= 4 is 21.9 Å². The molecule has 1 unspecified atom stereocenters. The molecule has 0 spiro atoms. The Labute approximate surface area is 172 Å². The first-order valence-corrected chi connectivity index (χ1v) is 10.3. The third-order valence-corrected chi connectivity index (χ3v) is 5.99. The normalized spacial score (nSPS) is 29.3. The molecule has 0 bridgehead atoms. The lowest BCUT2D eigenvalue weighted by Crippen LogP contribution is -2.45. The highest BCUT2D eigenvalue weighted by atomic mass is 79.9. The molecular weight excluding hydrogens is 435 g/mol. The van der Waals surface area contributed by atoms with E-state index < -0.39 is 6.18 Å². The van der Waals surface area contributed by atoms with Crippen molar-refractivity contribution in [2.45, 2.75) is 57.3 Å². The molecule has 9 heteroatoms. The summed E-state index contributed by atoms with van der Waals surface area (Å²) in [6, 6.07) is 0.249. The summed E-state index contributed by atoms with van der Waals surface area (Å²) in [5.74, 6) is 1.10. The van der Waals surface area contributed by atoms with Crippen LogP contribution < -0.4 is 21.7 Å². The Morgan fingerprint density at radius 3 is 2.71 bits per heavy atom. The Hall–Kier alpha value is -1.48. The van der Waals surface area contributed by atoms with E-state index in [2.05, 4.69) is 50.4 Å². The number of rotatable bonds is 6. The number of allylic oxidation sites excluding steroid dienone is 3. The number of nitrogens with one attached hydrogen (secondary N) is 3. The minimum Gasteiger partial charge on any atom is -0.365 e. The number of nitrogens with two attached hydrogens (primary N) is 1. The van der Waals surface area contributed by atoms with E-state index in [4.69, 9.17) is 5.73 Å². The lowest BCUT2D eigenvalue weighted by Gasteiger charge is -2.31. The molecule has 0 saturated heterocycles. The molecule has 158 valence electrons. The van der Waals surface area contributed by atoms with Crippen molar-refractivity contribution in [2.24, 2.45) is 22.6 Å². The average Bonchev–Trinajstić information content (AvgIpc) is 3.00. The van der Waals surface area contributed by atoms with Crippen LogP contribution in [0.5, 0.6) is 0 Å². The minimum absolute atomic E-state index is 0.124. The molecule has 0 radical (unpaired) electrons. The molecule has 5 N–H and O–H groups in total. The van der Waals surface area contributed by atoms with Gasteiger partial charge in [-0.3, -0.25) is 0 Å². The van der Waals surface area contributed by atoms with Crippen molar-refractivity contribution in [1.29, 1.82) is 0 Å². The molecule has 2 aliphatic carbocycles. The van der Waals surface area contributed by atoms with E-state index in [0.717, 1.165) is 48.5 Å². The van der Waals surface area contributed by atoms with Crippen molar-refractivity contribution in [3.05, 3.63) is 35.2 Å². The SMILES string of the molecule is C=CNC1=C(Br)CC(CN/C(=N\C=C\C(F)(F)F)N[C@H]2CC[C@H](N)C2)[C@H](C)C1. The zero-order valence-electron chi connectivity index (χ0n) is 16.0. The highest BCUT2D eigenvalue weighted by Gasteiger charge is 2.27. The Morgan fingerprint density at radius 2 is 2.11 bits per heavy atom. The number of aliphatic imine (C=N–C) groups is 1. The van der Waals surface area contributed by atoms with Crippen LogP contribution >= 0.6 is 15.9 Å². The Kier molecular flexibility index (Phi) is 8.42. The summed E-state index contributed by atoms with van der Waals surface area (Å²) in [4.78, 5) is 3.97. The maximum absolute atomic E-state index is 12.4. The summed E-state index contributed by atoms with van der Waals surface area (Å²) in [5, 5.41) is 9.59. The van der Waals surface area contributed by atoms with Crippen LogP contribution in [0.1, 0.15) is 39.0 Å². The van der Waals surface area contributed by atoms with Gasteiger partial charge in [0.1, 0.15) is 0 Å². The van der Waals surface area contributed by atoms with E-state index in [9.17, 15) is 13.2 Å². The Balaban J connectivity index is 2.00. The fourth-order valence-corrected chi connectivity index (χ4v) is 4.28. The second kappa shape index (κ2) is 10.3. The van der Waals surface area contributed by atoms with Crippen LogP contribution in [-0.2, 0) is 0 Å². The molecule has 5 nitrogen and oxygen atoms in total. The lowest BCUT2D eigenvalue weighted by molar-refractivity contribution is -0.0799. The lowest BCUT2D eigenvalue weighted by atomic mass is 9.82. The number of alkyl halides is 3. The van der Waals surface area contributed by atoms with E-state index in [0.29, 0.717) is 24.3 Å². The topological polar surface area (TPSA) is 74.5 Å². The van der Waals surface area contributed by atoms with E-state index >= 15 is 0 Å². The number of guanidine groups is 1. The molecule has 0 aromatic rings. The molecule has 0 amide bonds. The first kappa shape index (κ1) is 22.8. The maximum Gasteiger partial charge on any atom is 0.411 e. The van der Waals surface area contributed by atoms with Gasteiger partial charge in [-0.2, -0.15) is 13.2 Å². The van der Waals surface area contributed by atoms with Crippen LogP contribution in [0.2, 0.25) is 0 Å². The van der Waals surface area contributed by atoms with Gasteiger partial charge >= 0.3 is 6.18 Å². The molecule has 28 heavy (non-hydrogen) atoms. The van der Waals surface area contributed by atoms with Gasteiger partial charge in [0, 0.05) is 41.1 Å². The van der Waals surface area contributed by atoms with Crippen molar-refractivity contribution < 1.29 is 13.2 Å². The predicted molar refractivity (Wildman–Crippen MR) is 111 cm³/mol. The van der Waals surface area contributed by atoms with Gasteiger partial charge in [0.25, 0.3) is 0 Å². The Morgan fingerprint density at radius 1 is 1.36 bits per heavy atom. The molecular formula is C19H29BrF3N5. The van der Waals surface area contributed by atoms with Gasteiger partial charge in [0.15, 0.2) is 5.96 Å². The van der Waals surface area contributed by atoms with Gasteiger partial charge < -0.3 is 21.7 Å².